The molecule has 1 amide bonds. The van der Waals surface area contributed by atoms with Crippen molar-refractivity contribution in [2.75, 3.05) is 13.2 Å². The van der Waals surface area contributed by atoms with Gasteiger partial charge in [-0.15, -0.1) is 0 Å². The average molecular weight is 393 g/mol. The van der Waals surface area contributed by atoms with Gasteiger partial charge in [-0.2, -0.15) is 0 Å². The van der Waals surface area contributed by atoms with E-state index < -0.39 is 0 Å². The van der Waals surface area contributed by atoms with E-state index in [4.69, 9.17) is 9.47 Å². The van der Waals surface area contributed by atoms with Gasteiger partial charge < -0.3 is 14.8 Å². The molecule has 0 bridgehead atoms. The van der Waals surface area contributed by atoms with Crippen molar-refractivity contribution in [3.8, 4) is 22.9 Å². The van der Waals surface area contributed by atoms with Crippen LogP contribution in [0, 0.1) is 5.82 Å². The smallest absolute Gasteiger partial charge is 0.251 e. The summed E-state index contributed by atoms with van der Waals surface area (Å²) in [6.07, 6.45) is 3.43. The van der Waals surface area contributed by atoms with E-state index in [9.17, 15) is 9.18 Å². The maximum atomic E-state index is 13.5. The molecule has 2 aromatic carbocycles. The van der Waals surface area contributed by atoms with Gasteiger partial charge in [-0.25, -0.2) is 14.4 Å². The Morgan fingerprint density at radius 1 is 1.17 bits per heavy atom. The van der Waals surface area contributed by atoms with Crippen molar-refractivity contribution in [1.29, 1.82) is 0 Å². The molecule has 1 unspecified atom stereocenters. The summed E-state index contributed by atoms with van der Waals surface area (Å²) in [5.41, 5.74) is 1.65. The summed E-state index contributed by atoms with van der Waals surface area (Å²) in [5, 5.41) is 2.89. The molecule has 0 saturated carbocycles. The van der Waals surface area contributed by atoms with Crippen LogP contribution in [0.3, 0.4) is 0 Å². The van der Waals surface area contributed by atoms with Crippen LogP contribution in [0.1, 0.15) is 23.2 Å². The number of benzene rings is 2. The highest BCUT2D eigenvalue weighted by Gasteiger charge is 2.17. The van der Waals surface area contributed by atoms with Gasteiger partial charge in [0.1, 0.15) is 17.9 Å². The van der Waals surface area contributed by atoms with Gasteiger partial charge in [0.05, 0.1) is 11.8 Å². The third-order valence-corrected chi connectivity index (χ3v) is 4.60. The topological polar surface area (TPSA) is 73.3 Å². The van der Waals surface area contributed by atoms with Crippen molar-refractivity contribution in [3.63, 3.8) is 0 Å². The number of amides is 1. The Kier molecular flexibility index (Phi) is 5.76. The number of aromatic nitrogens is 2. The zero-order valence-corrected chi connectivity index (χ0v) is 15.7. The van der Waals surface area contributed by atoms with Crippen LogP contribution in [0.25, 0.3) is 11.3 Å². The molecule has 7 heteroatoms. The van der Waals surface area contributed by atoms with E-state index in [1.807, 2.05) is 0 Å². The number of carbonyl (C=O) groups is 1. The molecule has 0 spiro atoms. The minimum atomic E-state index is -0.342. The number of rotatable bonds is 6. The number of nitrogens with zero attached hydrogens (tertiary/aromatic N) is 2. The molecule has 1 aliphatic rings. The number of carbonyl (C=O) groups excluding carboxylic acids is 1. The van der Waals surface area contributed by atoms with Crippen LogP contribution in [-0.2, 0) is 4.74 Å². The summed E-state index contributed by atoms with van der Waals surface area (Å²) in [6, 6.07) is 14.6. The molecule has 0 aliphatic carbocycles. The molecule has 1 saturated heterocycles. The summed E-state index contributed by atoms with van der Waals surface area (Å²) in [7, 11) is 0. The first-order valence-corrected chi connectivity index (χ1v) is 9.43. The molecule has 0 radical (unpaired) electrons. The quantitative estimate of drug-likeness (QED) is 0.686. The average Bonchev–Trinajstić information content (AvgIpc) is 3.26. The van der Waals surface area contributed by atoms with E-state index in [1.54, 1.807) is 42.5 Å². The Morgan fingerprint density at radius 3 is 2.90 bits per heavy atom. The second-order valence-corrected chi connectivity index (χ2v) is 6.73. The standard InChI is InChI=1S/C22H20FN3O3/c23-17-6-1-4-15(10-17)20-12-21(26-14-25-20)29-18-7-2-5-16(11-18)22(27)24-13-19-8-3-9-28-19/h1-2,4-7,10-12,14,19H,3,8-9,13H2,(H,24,27). The summed E-state index contributed by atoms with van der Waals surface area (Å²) >= 11 is 0. The Labute approximate surface area is 167 Å². The highest BCUT2D eigenvalue weighted by molar-refractivity contribution is 5.94. The number of nitrogens with one attached hydrogen (secondary N) is 1. The SMILES string of the molecule is O=C(NCC1CCCO1)c1cccc(Oc2cc(-c3cccc(F)c3)ncn2)c1. The van der Waals surface area contributed by atoms with Gasteiger partial charge in [-0.05, 0) is 43.2 Å². The van der Waals surface area contributed by atoms with E-state index in [2.05, 4.69) is 15.3 Å². The fourth-order valence-electron chi connectivity index (χ4n) is 3.14. The predicted octanol–water partition coefficient (Wildman–Crippen LogP) is 3.98. The van der Waals surface area contributed by atoms with Crippen LogP contribution < -0.4 is 10.1 Å². The molecule has 29 heavy (non-hydrogen) atoms. The van der Waals surface area contributed by atoms with Gasteiger partial charge in [0.2, 0.25) is 5.88 Å². The van der Waals surface area contributed by atoms with Crippen LogP contribution in [-0.4, -0.2) is 35.1 Å². The highest BCUT2D eigenvalue weighted by Crippen LogP contribution is 2.25. The molecule has 6 nitrogen and oxygen atoms in total. The molecule has 1 aliphatic heterocycles. The molecule has 148 valence electrons. The molecule has 3 aromatic rings. The summed E-state index contributed by atoms with van der Waals surface area (Å²) in [4.78, 5) is 20.7. The molecule has 1 atom stereocenters. The van der Waals surface area contributed by atoms with Gasteiger partial charge in [0.15, 0.2) is 0 Å². The lowest BCUT2D eigenvalue weighted by Gasteiger charge is -2.11. The summed E-state index contributed by atoms with van der Waals surface area (Å²) in [6.45, 7) is 1.24. The molecule has 2 heterocycles. The fraction of sp³-hybridized carbons (Fsp3) is 0.227. The van der Waals surface area contributed by atoms with Crippen molar-refractivity contribution >= 4 is 5.91 Å². The van der Waals surface area contributed by atoms with Crippen LogP contribution in [0.2, 0.25) is 0 Å². The lowest BCUT2D eigenvalue weighted by molar-refractivity contribution is 0.0857. The zero-order chi connectivity index (χ0) is 20.1. The second-order valence-electron chi connectivity index (χ2n) is 6.73. The normalized spacial score (nSPS) is 15.8. The third kappa shape index (κ3) is 4.94. The molecule has 1 aromatic heterocycles. The van der Waals surface area contributed by atoms with Crippen LogP contribution >= 0.6 is 0 Å². The molecule has 1 N–H and O–H groups in total. The number of halogens is 1. The van der Waals surface area contributed by atoms with E-state index in [0.717, 1.165) is 19.4 Å². The van der Waals surface area contributed by atoms with Gasteiger partial charge in [-0.3, -0.25) is 4.79 Å². The summed E-state index contributed by atoms with van der Waals surface area (Å²) < 4.78 is 24.8. The Bertz CT molecular complexity index is 1010. The molecular weight excluding hydrogens is 373 g/mol. The van der Waals surface area contributed by atoms with Crippen molar-refractivity contribution in [2.24, 2.45) is 0 Å². The van der Waals surface area contributed by atoms with Crippen molar-refractivity contribution in [1.82, 2.24) is 15.3 Å². The van der Waals surface area contributed by atoms with Crippen molar-refractivity contribution < 1.29 is 18.7 Å². The van der Waals surface area contributed by atoms with E-state index in [0.29, 0.717) is 35.0 Å². The highest BCUT2D eigenvalue weighted by atomic mass is 19.1. The minimum Gasteiger partial charge on any atom is -0.439 e. The van der Waals surface area contributed by atoms with Crippen LogP contribution in [0.5, 0.6) is 11.6 Å². The van der Waals surface area contributed by atoms with Gasteiger partial charge in [-0.1, -0.05) is 18.2 Å². The number of ether oxygens (including phenoxy) is 2. The third-order valence-electron chi connectivity index (χ3n) is 4.60. The Balaban J connectivity index is 1.45. The largest absolute Gasteiger partial charge is 0.439 e. The van der Waals surface area contributed by atoms with Crippen LogP contribution in [0.15, 0.2) is 60.9 Å². The van der Waals surface area contributed by atoms with Crippen molar-refractivity contribution in [3.05, 3.63) is 72.3 Å². The monoisotopic (exact) mass is 393 g/mol. The number of hydrogen-bond acceptors (Lipinski definition) is 5. The first-order chi connectivity index (χ1) is 14.2. The van der Waals surface area contributed by atoms with Gasteiger partial charge in [0.25, 0.3) is 5.91 Å². The maximum Gasteiger partial charge on any atom is 0.251 e. The fourth-order valence-corrected chi connectivity index (χ4v) is 3.14. The van der Waals surface area contributed by atoms with Gasteiger partial charge >= 0.3 is 0 Å². The Morgan fingerprint density at radius 2 is 2.07 bits per heavy atom. The first kappa shape index (κ1) is 19.0. The lowest BCUT2D eigenvalue weighted by atomic mass is 10.1. The van der Waals surface area contributed by atoms with E-state index in [1.165, 1.54) is 18.5 Å². The zero-order valence-electron chi connectivity index (χ0n) is 15.7. The number of hydrogen-bond donors (Lipinski definition) is 1. The minimum absolute atomic E-state index is 0.0839. The van der Waals surface area contributed by atoms with Crippen molar-refractivity contribution in [2.45, 2.75) is 18.9 Å². The first-order valence-electron chi connectivity index (χ1n) is 9.43. The molecular formula is C22H20FN3O3. The van der Waals surface area contributed by atoms with E-state index >= 15 is 0 Å². The maximum absolute atomic E-state index is 13.5. The van der Waals surface area contributed by atoms with Crippen LogP contribution in [0.4, 0.5) is 4.39 Å². The lowest BCUT2D eigenvalue weighted by Crippen LogP contribution is -2.31. The molecule has 4 rings (SSSR count). The molecule has 1 fully saturated rings. The predicted molar refractivity (Wildman–Crippen MR) is 105 cm³/mol. The van der Waals surface area contributed by atoms with Gasteiger partial charge in [0, 0.05) is 30.3 Å². The summed E-state index contributed by atoms with van der Waals surface area (Å²) in [5.74, 6) is 0.245. The Hall–Kier alpha value is -3.32. The van der Waals surface area contributed by atoms with E-state index in [-0.39, 0.29) is 17.8 Å². The second kappa shape index (κ2) is 8.79.